The lowest BCUT2D eigenvalue weighted by atomic mass is 9.82. The van der Waals surface area contributed by atoms with Crippen molar-refractivity contribution in [3.63, 3.8) is 0 Å². The Morgan fingerprint density at radius 2 is 1.49 bits per heavy atom. The Kier molecular flexibility index (Phi) is 11.2. The second kappa shape index (κ2) is 15.9. The van der Waals surface area contributed by atoms with E-state index in [9.17, 15) is 14.7 Å². The fourth-order valence-corrected chi connectivity index (χ4v) is 5.95. The summed E-state index contributed by atoms with van der Waals surface area (Å²) in [6, 6.07) is 32.8. The van der Waals surface area contributed by atoms with E-state index in [0.717, 1.165) is 60.0 Å². The first-order valence-electron chi connectivity index (χ1n) is 15.9. The van der Waals surface area contributed by atoms with Gasteiger partial charge in [-0.3, -0.25) is 9.59 Å². The largest absolute Gasteiger partial charge is 0.508 e. The zero-order chi connectivity index (χ0) is 31.4. The molecule has 0 atom stereocenters. The van der Waals surface area contributed by atoms with Crippen LogP contribution in [0, 0.1) is 11.8 Å². The molecule has 1 aliphatic carbocycles. The van der Waals surface area contributed by atoms with Gasteiger partial charge in [0.15, 0.2) is 0 Å². The maximum Gasteiger partial charge on any atom is 0.251 e. The lowest BCUT2D eigenvalue weighted by molar-refractivity contribution is -0.126. The fourth-order valence-electron chi connectivity index (χ4n) is 5.95. The minimum atomic E-state index is -0.0711. The monoisotopic (exact) mass is 601 g/mol. The summed E-state index contributed by atoms with van der Waals surface area (Å²) in [5.74, 6) is 1.24. The Balaban J connectivity index is 1.27. The van der Waals surface area contributed by atoms with Crippen LogP contribution in [0.5, 0.6) is 5.75 Å². The van der Waals surface area contributed by atoms with Crippen LogP contribution in [0.2, 0.25) is 0 Å². The second-order valence-corrected chi connectivity index (χ2v) is 12.0. The fraction of sp³-hybridized carbons (Fsp3) is 0.282. The Morgan fingerprint density at radius 1 is 0.800 bits per heavy atom. The summed E-state index contributed by atoms with van der Waals surface area (Å²) in [5.41, 5.74) is 11.4. The number of carbonyl (C=O) groups excluding carboxylic acids is 2. The summed E-state index contributed by atoms with van der Waals surface area (Å²) in [6.45, 7) is 2.42. The Morgan fingerprint density at radius 3 is 2.22 bits per heavy atom. The minimum absolute atomic E-state index is 0.0508. The summed E-state index contributed by atoms with van der Waals surface area (Å²) in [7, 11) is 0. The number of phenols is 1. The van der Waals surface area contributed by atoms with Crippen molar-refractivity contribution >= 4 is 17.9 Å². The molecule has 4 aromatic rings. The molecule has 6 heteroatoms. The number of nitrogens with two attached hydrogens (primary N) is 1. The highest BCUT2D eigenvalue weighted by atomic mass is 16.3. The van der Waals surface area contributed by atoms with Crippen molar-refractivity contribution in [1.82, 2.24) is 10.2 Å². The standard InChI is InChI=1S/C39H43N3O3/c40-26-31-12-14-32(15-13-31)27-41-39(45)36-11-5-10-35(25-36)34-9-4-8-33(24-34)28-42(23-22-30-16-19-37(43)20-17-30)38(44)21-18-29-6-2-1-3-7-29/h1-11,16-21,24-25,31-32,43H,12-15,22-23,26-28,40H2,(H,41,45). The highest BCUT2D eigenvalue weighted by Crippen LogP contribution is 2.28. The maximum atomic E-state index is 13.4. The van der Waals surface area contributed by atoms with Crippen LogP contribution in [0.15, 0.2) is 109 Å². The molecule has 0 heterocycles. The summed E-state index contributed by atoms with van der Waals surface area (Å²) < 4.78 is 0. The average Bonchev–Trinajstić information content (AvgIpc) is 3.09. The number of phenolic OH excluding ortho intramolecular Hbond substituents is 1. The van der Waals surface area contributed by atoms with Crippen LogP contribution in [0.25, 0.3) is 17.2 Å². The van der Waals surface area contributed by atoms with Crippen molar-refractivity contribution in [3.8, 4) is 16.9 Å². The zero-order valence-electron chi connectivity index (χ0n) is 25.8. The molecular weight excluding hydrogens is 558 g/mol. The summed E-state index contributed by atoms with van der Waals surface area (Å²) >= 11 is 0. The van der Waals surface area contributed by atoms with Crippen LogP contribution in [0.1, 0.15) is 52.7 Å². The van der Waals surface area contributed by atoms with E-state index in [-0.39, 0.29) is 17.6 Å². The van der Waals surface area contributed by atoms with Gasteiger partial charge in [-0.15, -0.1) is 0 Å². The maximum absolute atomic E-state index is 13.4. The molecule has 4 aromatic carbocycles. The van der Waals surface area contributed by atoms with Gasteiger partial charge in [0.05, 0.1) is 0 Å². The van der Waals surface area contributed by atoms with E-state index in [1.165, 1.54) is 0 Å². The zero-order valence-corrected chi connectivity index (χ0v) is 25.8. The molecule has 0 aromatic heterocycles. The Labute approximate surface area is 266 Å². The number of nitrogens with zero attached hydrogens (tertiary/aromatic N) is 1. The number of hydrogen-bond donors (Lipinski definition) is 3. The molecule has 0 unspecified atom stereocenters. The van der Waals surface area contributed by atoms with E-state index in [1.807, 2.05) is 95.9 Å². The number of aromatic hydroxyl groups is 1. The third kappa shape index (κ3) is 9.40. The van der Waals surface area contributed by atoms with Crippen LogP contribution in [0.4, 0.5) is 0 Å². The molecule has 2 amide bonds. The van der Waals surface area contributed by atoms with E-state index in [1.54, 1.807) is 18.2 Å². The highest BCUT2D eigenvalue weighted by molar-refractivity contribution is 5.95. The van der Waals surface area contributed by atoms with Gasteiger partial charge in [-0.1, -0.05) is 72.8 Å². The van der Waals surface area contributed by atoms with Gasteiger partial charge in [0.2, 0.25) is 5.91 Å². The van der Waals surface area contributed by atoms with Gasteiger partial charge in [0.1, 0.15) is 5.75 Å². The normalized spacial score (nSPS) is 16.4. The lowest BCUT2D eigenvalue weighted by Crippen LogP contribution is -2.32. The molecule has 6 nitrogen and oxygen atoms in total. The quantitative estimate of drug-likeness (QED) is 0.155. The van der Waals surface area contributed by atoms with Gasteiger partial charge >= 0.3 is 0 Å². The number of benzene rings is 4. The van der Waals surface area contributed by atoms with Crippen molar-refractivity contribution in [3.05, 3.63) is 131 Å². The first-order valence-corrected chi connectivity index (χ1v) is 15.9. The number of amides is 2. The average molecular weight is 602 g/mol. The van der Waals surface area contributed by atoms with Crippen molar-refractivity contribution < 1.29 is 14.7 Å². The van der Waals surface area contributed by atoms with E-state index in [0.29, 0.717) is 43.5 Å². The third-order valence-electron chi connectivity index (χ3n) is 8.75. The minimum Gasteiger partial charge on any atom is -0.508 e. The number of hydrogen-bond acceptors (Lipinski definition) is 4. The molecule has 1 fully saturated rings. The molecule has 0 aliphatic heterocycles. The summed E-state index contributed by atoms with van der Waals surface area (Å²) in [5, 5.41) is 12.8. The predicted molar refractivity (Wildman–Crippen MR) is 181 cm³/mol. The SMILES string of the molecule is NCC1CCC(CNC(=O)c2cccc(-c3cccc(CN(CCc4ccc(O)cc4)C(=O)C=Cc4ccccc4)c3)c2)CC1. The molecule has 1 saturated carbocycles. The first-order chi connectivity index (χ1) is 22.0. The second-order valence-electron chi connectivity index (χ2n) is 12.0. The summed E-state index contributed by atoms with van der Waals surface area (Å²) in [4.78, 5) is 28.3. The molecule has 5 rings (SSSR count). The topological polar surface area (TPSA) is 95.7 Å². The molecule has 0 radical (unpaired) electrons. The number of rotatable bonds is 12. The van der Waals surface area contributed by atoms with Gasteiger partial charge in [-0.25, -0.2) is 0 Å². The molecule has 4 N–H and O–H groups in total. The third-order valence-corrected chi connectivity index (χ3v) is 8.75. The molecule has 0 spiro atoms. The van der Waals surface area contributed by atoms with Crippen LogP contribution >= 0.6 is 0 Å². The molecule has 1 aliphatic rings. The van der Waals surface area contributed by atoms with Crippen molar-refractivity contribution in [2.45, 2.75) is 38.6 Å². The van der Waals surface area contributed by atoms with Gasteiger partial charge in [0.25, 0.3) is 5.91 Å². The molecular formula is C39H43N3O3. The highest BCUT2D eigenvalue weighted by Gasteiger charge is 2.21. The smallest absolute Gasteiger partial charge is 0.251 e. The molecule has 232 valence electrons. The number of nitrogens with one attached hydrogen (secondary N) is 1. The van der Waals surface area contributed by atoms with Gasteiger partial charge in [-0.2, -0.15) is 0 Å². The Bertz CT molecular complexity index is 1570. The van der Waals surface area contributed by atoms with E-state index in [2.05, 4.69) is 11.4 Å². The predicted octanol–water partition coefficient (Wildman–Crippen LogP) is 6.84. The van der Waals surface area contributed by atoms with Gasteiger partial charge < -0.3 is 21.1 Å². The van der Waals surface area contributed by atoms with Crippen LogP contribution in [-0.4, -0.2) is 41.5 Å². The van der Waals surface area contributed by atoms with Crippen molar-refractivity contribution in [2.24, 2.45) is 17.6 Å². The van der Waals surface area contributed by atoms with Crippen molar-refractivity contribution in [1.29, 1.82) is 0 Å². The molecule has 0 bridgehead atoms. The first kappa shape index (κ1) is 31.7. The van der Waals surface area contributed by atoms with Crippen molar-refractivity contribution in [2.75, 3.05) is 19.6 Å². The Hall–Kier alpha value is -4.68. The van der Waals surface area contributed by atoms with Crippen LogP contribution < -0.4 is 11.1 Å². The van der Waals surface area contributed by atoms with E-state index in [4.69, 9.17) is 5.73 Å². The van der Waals surface area contributed by atoms with Gasteiger partial charge in [0, 0.05) is 31.3 Å². The lowest BCUT2D eigenvalue weighted by Gasteiger charge is -2.27. The molecule has 0 saturated heterocycles. The van der Waals surface area contributed by atoms with Crippen LogP contribution in [-0.2, 0) is 17.8 Å². The van der Waals surface area contributed by atoms with E-state index < -0.39 is 0 Å². The number of carbonyl (C=O) groups is 2. The van der Waals surface area contributed by atoms with E-state index >= 15 is 0 Å². The van der Waals surface area contributed by atoms with Crippen LogP contribution in [0.3, 0.4) is 0 Å². The van der Waals surface area contributed by atoms with Gasteiger partial charge in [-0.05, 0) is 115 Å². The summed E-state index contributed by atoms with van der Waals surface area (Å²) in [6.07, 6.45) is 8.65. The molecule has 45 heavy (non-hydrogen) atoms.